The number of halogens is 2. The number of rotatable bonds is 7. The molecule has 1 aromatic rings. The third-order valence-corrected chi connectivity index (χ3v) is 3.64. The summed E-state index contributed by atoms with van der Waals surface area (Å²) >= 11 is 3.45. The summed E-state index contributed by atoms with van der Waals surface area (Å²) in [6.45, 7) is 2.19. The summed E-state index contributed by atoms with van der Waals surface area (Å²) in [5, 5.41) is 0. The van der Waals surface area contributed by atoms with Crippen LogP contribution in [0.25, 0.3) is 0 Å². The normalized spacial score (nSPS) is 11.6. The number of hydrogen-bond donors (Lipinski definition) is 1. The quantitative estimate of drug-likeness (QED) is 0.736. The Hall–Kier alpha value is -0.450. The monoisotopic (exact) mass is 351 g/mol. The highest BCUT2D eigenvalue weighted by atomic mass is 79.9. The third kappa shape index (κ3) is 5.21. The second-order valence-electron chi connectivity index (χ2n) is 4.33. The Labute approximate surface area is 130 Å². The zero-order chi connectivity index (χ0) is 13.5. The molecule has 0 aromatic heterocycles. The van der Waals surface area contributed by atoms with Crippen LogP contribution in [-0.4, -0.2) is 14.2 Å². The van der Waals surface area contributed by atoms with Gasteiger partial charge < -0.3 is 15.2 Å². The number of ether oxygens (including phenoxy) is 2. The highest BCUT2D eigenvalue weighted by Gasteiger charge is 2.15. The van der Waals surface area contributed by atoms with Crippen molar-refractivity contribution in [3.63, 3.8) is 0 Å². The molecule has 0 unspecified atom stereocenters. The van der Waals surface area contributed by atoms with E-state index in [0.717, 1.165) is 34.4 Å². The first-order chi connectivity index (χ1) is 8.63. The standard InChI is InChI=1S/C14H22BrNO2.ClH/c1-4-5-6-7-12(16)10-8-14(18-3)11(15)9-13(10)17-2;/h8-9,12H,4-7,16H2,1-3H3;1H/t12-;/m1./s1. The smallest absolute Gasteiger partial charge is 0.133 e. The summed E-state index contributed by atoms with van der Waals surface area (Å²) in [5.74, 6) is 1.60. The maximum absolute atomic E-state index is 6.23. The number of hydrogen-bond acceptors (Lipinski definition) is 3. The Morgan fingerprint density at radius 1 is 1.16 bits per heavy atom. The summed E-state index contributed by atoms with van der Waals surface area (Å²) in [4.78, 5) is 0. The van der Waals surface area contributed by atoms with Crippen LogP contribution in [0.4, 0.5) is 0 Å². The number of benzene rings is 1. The molecule has 19 heavy (non-hydrogen) atoms. The Bertz CT molecular complexity index is 388. The van der Waals surface area contributed by atoms with Crippen molar-refractivity contribution in [2.45, 2.75) is 38.6 Å². The molecule has 0 saturated heterocycles. The highest BCUT2D eigenvalue weighted by Crippen LogP contribution is 2.36. The van der Waals surface area contributed by atoms with Gasteiger partial charge in [-0.2, -0.15) is 0 Å². The Morgan fingerprint density at radius 2 is 1.79 bits per heavy atom. The molecule has 110 valence electrons. The van der Waals surface area contributed by atoms with Crippen LogP contribution in [0.3, 0.4) is 0 Å². The molecular formula is C14H23BrClNO2. The molecule has 3 nitrogen and oxygen atoms in total. The van der Waals surface area contributed by atoms with Gasteiger partial charge in [-0.05, 0) is 34.5 Å². The highest BCUT2D eigenvalue weighted by molar-refractivity contribution is 9.10. The van der Waals surface area contributed by atoms with E-state index >= 15 is 0 Å². The number of unbranched alkanes of at least 4 members (excludes halogenated alkanes) is 2. The van der Waals surface area contributed by atoms with Crippen LogP contribution in [0.1, 0.15) is 44.2 Å². The van der Waals surface area contributed by atoms with Crippen LogP contribution in [0.5, 0.6) is 11.5 Å². The van der Waals surface area contributed by atoms with Crippen LogP contribution >= 0.6 is 28.3 Å². The van der Waals surface area contributed by atoms with Crippen molar-refractivity contribution < 1.29 is 9.47 Å². The molecule has 0 heterocycles. The average molecular weight is 353 g/mol. The van der Waals surface area contributed by atoms with E-state index < -0.39 is 0 Å². The minimum absolute atomic E-state index is 0. The largest absolute Gasteiger partial charge is 0.496 e. The van der Waals surface area contributed by atoms with E-state index in [1.165, 1.54) is 12.8 Å². The summed E-state index contributed by atoms with van der Waals surface area (Å²) in [6, 6.07) is 3.86. The van der Waals surface area contributed by atoms with Crippen molar-refractivity contribution in [2.24, 2.45) is 5.73 Å². The van der Waals surface area contributed by atoms with Crippen LogP contribution < -0.4 is 15.2 Å². The Kier molecular flexibility index (Phi) is 9.23. The molecule has 0 amide bonds. The van der Waals surface area contributed by atoms with Gasteiger partial charge in [0, 0.05) is 11.6 Å². The molecule has 0 spiro atoms. The number of methoxy groups -OCH3 is 2. The van der Waals surface area contributed by atoms with E-state index in [1.54, 1.807) is 14.2 Å². The van der Waals surface area contributed by atoms with Crippen LogP contribution in [-0.2, 0) is 0 Å². The van der Waals surface area contributed by atoms with Crippen LogP contribution in [0.15, 0.2) is 16.6 Å². The molecule has 0 fully saturated rings. The lowest BCUT2D eigenvalue weighted by Crippen LogP contribution is -2.12. The van der Waals surface area contributed by atoms with Crippen molar-refractivity contribution in [3.8, 4) is 11.5 Å². The van der Waals surface area contributed by atoms with Crippen molar-refractivity contribution in [3.05, 3.63) is 22.2 Å². The first-order valence-electron chi connectivity index (χ1n) is 6.31. The molecule has 1 rings (SSSR count). The lowest BCUT2D eigenvalue weighted by atomic mass is 10.00. The molecule has 5 heteroatoms. The van der Waals surface area contributed by atoms with Gasteiger partial charge in [0.2, 0.25) is 0 Å². The maximum atomic E-state index is 6.23. The fourth-order valence-electron chi connectivity index (χ4n) is 1.94. The predicted octanol–water partition coefficient (Wildman–Crippen LogP) is 4.47. The number of nitrogens with two attached hydrogens (primary N) is 1. The van der Waals surface area contributed by atoms with E-state index in [2.05, 4.69) is 22.9 Å². The van der Waals surface area contributed by atoms with E-state index in [1.807, 2.05) is 12.1 Å². The van der Waals surface area contributed by atoms with Crippen molar-refractivity contribution >= 4 is 28.3 Å². The van der Waals surface area contributed by atoms with E-state index in [4.69, 9.17) is 15.2 Å². The zero-order valence-corrected chi connectivity index (χ0v) is 14.1. The summed E-state index contributed by atoms with van der Waals surface area (Å²) in [7, 11) is 3.31. The lowest BCUT2D eigenvalue weighted by molar-refractivity contribution is 0.391. The molecule has 0 aliphatic carbocycles. The predicted molar refractivity (Wildman–Crippen MR) is 85.6 cm³/mol. The van der Waals surface area contributed by atoms with Gasteiger partial charge in [0.1, 0.15) is 11.5 Å². The summed E-state index contributed by atoms with van der Waals surface area (Å²) in [5.41, 5.74) is 7.24. The molecule has 0 bridgehead atoms. The van der Waals surface area contributed by atoms with Crippen LogP contribution in [0.2, 0.25) is 0 Å². The fourth-order valence-corrected chi connectivity index (χ4v) is 2.43. The van der Waals surface area contributed by atoms with Gasteiger partial charge in [-0.25, -0.2) is 0 Å². The minimum atomic E-state index is -0.00602. The first kappa shape index (κ1) is 18.6. The molecule has 0 aliphatic heterocycles. The molecule has 0 radical (unpaired) electrons. The van der Waals surface area contributed by atoms with E-state index in [0.29, 0.717) is 0 Å². The van der Waals surface area contributed by atoms with Crippen molar-refractivity contribution in [2.75, 3.05) is 14.2 Å². The topological polar surface area (TPSA) is 44.5 Å². The van der Waals surface area contributed by atoms with Gasteiger partial charge in [0.25, 0.3) is 0 Å². The second-order valence-corrected chi connectivity index (χ2v) is 5.19. The average Bonchev–Trinajstić information content (AvgIpc) is 2.38. The fraction of sp³-hybridized carbons (Fsp3) is 0.571. The van der Waals surface area contributed by atoms with Gasteiger partial charge in [0.15, 0.2) is 0 Å². The molecule has 1 atom stereocenters. The second kappa shape index (κ2) is 9.45. The van der Waals surface area contributed by atoms with Crippen molar-refractivity contribution in [1.82, 2.24) is 0 Å². The van der Waals surface area contributed by atoms with Gasteiger partial charge in [-0.3, -0.25) is 0 Å². The van der Waals surface area contributed by atoms with Gasteiger partial charge >= 0.3 is 0 Å². The van der Waals surface area contributed by atoms with Crippen molar-refractivity contribution in [1.29, 1.82) is 0 Å². The molecule has 2 N–H and O–H groups in total. The van der Waals surface area contributed by atoms with Gasteiger partial charge in [-0.15, -0.1) is 12.4 Å². The minimum Gasteiger partial charge on any atom is -0.496 e. The zero-order valence-electron chi connectivity index (χ0n) is 11.7. The molecule has 1 aromatic carbocycles. The van der Waals surface area contributed by atoms with E-state index in [-0.39, 0.29) is 18.4 Å². The first-order valence-corrected chi connectivity index (χ1v) is 7.10. The summed E-state index contributed by atoms with van der Waals surface area (Å²) < 4.78 is 11.6. The molecule has 0 saturated carbocycles. The van der Waals surface area contributed by atoms with Crippen LogP contribution in [0, 0.1) is 0 Å². The molecule has 0 aliphatic rings. The van der Waals surface area contributed by atoms with Gasteiger partial charge in [0.05, 0.1) is 18.7 Å². The lowest BCUT2D eigenvalue weighted by Gasteiger charge is -2.17. The Morgan fingerprint density at radius 3 is 2.32 bits per heavy atom. The van der Waals surface area contributed by atoms with Gasteiger partial charge in [-0.1, -0.05) is 26.2 Å². The molecular weight excluding hydrogens is 330 g/mol. The van der Waals surface area contributed by atoms with E-state index in [9.17, 15) is 0 Å². The Balaban J connectivity index is 0.00000324. The SMILES string of the molecule is CCCCC[C@@H](N)c1cc(OC)c(Br)cc1OC.Cl. The summed E-state index contributed by atoms with van der Waals surface area (Å²) in [6.07, 6.45) is 4.52. The maximum Gasteiger partial charge on any atom is 0.133 e. The third-order valence-electron chi connectivity index (χ3n) is 3.02.